The van der Waals surface area contributed by atoms with Crippen LogP contribution in [0.4, 0.5) is 10.5 Å². The molecule has 0 fully saturated rings. The lowest BCUT2D eigenvalue weighted by Crippen LogP contribution is -2.39. The average molecular weight is 304 g/mol. The fraction of sp³-hybridized carbons (Fsp3) is 0.632. The van der Waals surface area contributed by atoms with E-state index in [4.69, 9.17) is 0 Å². The summed E-state index contributed by atoms with van der Waals surface area (Å²) in [5, 5.41) is 3.02. The molecule has 0 atom stereocenters. The summed E-state index contributed by atoms with van der Waals surface area (Å²) in [6, 6.07) is 8.14. The third-order valence-corrected chi connectivity index (χ3v) is 3.46. The maximum absolute atomic E-state index is 12.5. The first-order valence-corrected chi connectivity index (χ1v) is 8.26. The van der Waals surface area contributed by atoms with Gasteiger partial charge in [-0.2, -0.15) is 0 Å². The molecule has 3 heteroatoms. The van der Waals surface area contributed by atoms with Crippen molar-refractivity contribution in [1.82, 2.24) is 4.90 Å². The lowest BCUT2D eigenvalue weighted by molar-refractivity contribution is 0.196. The monoisotopic (exact) mass is 304 g/mol. The molecule has 0 aliphatic heterocycles. The predicted molar refractivity (Wildman–Crippen MR) is 95.4 cm³/mol. The highest BCUT2D eigenvalue weighted by atomic mass is 16.2. The Balaban J connectivity index is 2.76. The van der Waals surface area contributed by atoms with E-state index >= 15 is 0 Å². The molecule has 0 saturated heterocycles. The van der Waals surface area contributed by atoms with E-state index in [0.717, 1.165) is 18.8 Å². The minimum atomic E-state index is -0.00842. The number of rotatable bonds is 5. The van der Waals surface area contributed by atoms with Gasteiger partial charge in [-0.3, -0.25) is 0 Å². The molecule has 0 aromatic heterocycles. The number of amides is 2. The molecule has 0 heterocycles. The van der Waals surface area contributed by atoms with Crippen LogP contribution in [0.5, 0.6) is 0 Å². The number of anilines is 1. The van der Waals surface area contributed by atoms with Gasteiger partial charge in [-0.15, -0.1) is 0 Å². The van der Waals surface area contributed by atoms with E-state index in [0.29, 0.717) is 11.8 Å². The fourth-order valence-corrected chi connectivity index (χ4v) is 2.38. The number of carbonyl (C=O) groups is 1. The Morgan fingerprint density at radius 2 is 1.45 bits per heavy atom. The van der Waals surface area contributed by atoms with E-state index in [2.05, 4.69) is 65.9 Å². The van der Waals surface area contributed by atoms with Gasteiger partial charge in [0.1, 0.15) is 0 Å². The van der Waals surface area contributed by atoms with Crippen LogP contribution in [0.15, 0.2) is 24.3 Å². The molecule has 0 aliphatic carbocycles. The minimum absolute atomic E-state index is 0.00842. The number of nitrogens with one attached hydrogen (secondary N) is 1. The Kier molecular flexibility index (Phi) is 6.46. The summed E-state index contributed by atoms with van der Waals surface area (Å²) < 4.78 is 0. The van der Waals surface area contributed by atoms with Crippen molar-refractivity contribution >= 4 is 11.7 Å². The lowest BCUT2D eigenvalue weighted by Gasteiger charge is -2.27. The van der Waals surface area contributed by atoms with E-state index < -0.39 is 0 Å². The van der Waals surface area contributed by atoms with Crippen LogP contribution in [0, 0.1) is 11.8 Å². The molecule has 0 radical (unpaired) electrons. The molecule has 2 amide bonds. The topological polar surface area (TPSA) is 32.3 Å². The predicted octanol–water partition coefficient (Wildman–Crippen LogP) is 5.13. The molecule has 1 aromatic rings. The van der Waals surface area contributed by atoms with Crippen LogP contribution < -0.4 is 5.32 Å². The number of hydrogen-bond acceptors (Lipinski definition) is 1. The van der Waals surface area contributed by atoms with Crippen molar-refractivity contribution in [2.24, 2.45) is 11.8 Å². The summed E-state index contributed by atoms with van der Waals surface area (Å²) in [6.07, 6.45) is 0. The molecular formula is C19H32N2O. The third kappa shape index (κ3) is 6.08. The fourth-order valence-electron chi connectivity index (χ4n) is 2.38. The number of urea groups is 1. The van der Waals surface area contributed by atoms with E-state index in [1.54, 1.807) is 0 Å². The molecule has 124 valence electrons. The van der Waals surface area contributed by atoms with Gasteiger partial charge in [0.2, 0.25) is 0 Å². The molecule has 0 aliphatic rings. The zero-order chi connectivity index (χ0) is 16.9. The zero-order valence-electron chi connectivity index (χ0n) is 15.2. The molecule has 0 spiro atoms. The van der Waals surface area contributed by atoms with Gasteiger partial charge in [0.25, 0.3) is 0 Å². The molecular weight excluding hydrogens is 272 g/mol. The van der Waals surface area contributed by atoms with Crippen molar-refractivity contribution < 1.29 is 4.79 Å². The lowest BCUT2D eigenvalue weighted by atomic mass is 9.87. The van der Waals surface area contributed by atoms with Crippen molar-refractivity contribution in [3.05, 3.63) is 29.8 Å². The van der Waals surface area contributed by atoms with Gasteiger partial charge in [0.05, 0.1) is 0 Å². The second-order valence-corrected chi connectivity index (χ2v) is 7.95. The van der Waals surface area contributed by atoms with Crippen molar-refractivity contribution in [1.29, 1.82) is 0 Å². The van der Waals surface area contributed by atoms with Gasteiger partial charge in [-0.25, -0.2) is 4.79 Å². The first kappa shape index (κ1) is 18.5. The molecule has 1 N–H and O–H groups in total. The second kappa shape index (κ2) is 7.66. The highest BCUT2D eigenvalue weighted by Gasteiger charge is 2.17. The van der Waals surface area contributed by atoms with Gasteiger partial charge >= 0.3 is 6.03 Å². The highest BCUT2D eigenvalue weighted by molar-refractivity contribution is 5.89. The van der Waals surface area contributed by atoms with E-state index in [-0.39, 0.29) is 11.4 Å². The maximum atomic E-state index is 12.5. The quantitative estimate of drug-likeness (QED) is 0.803. The smallest absolute Gasteiger partial charge is 0.321 e. The Morgan fingerprint density at radius 1 is 1.00 bits per heavy atom. The van der Waals surface area contributed by atoms with Gasteiger partial charge in [0.15, 0.2) is 0 Å². The van der Waals surface area contributed by atoms with E-state index in [1.165, 1.54) is 5.56 Å². The first-order valence-electron chi connectivity index (χ1n) is 8.26. The Labute approximate surface area is 136 Å². The van der Waals surface area contributed by atoms with Gasteiger partial charge < -0.3 is 10.2 Å². The molecule has 0 bridgehead atoms. The Bertz CT molecular complexity index is 459. The molecule has 0 unspecified atom stereocenters. The number of nitrogens with zero attached hydrogens (tertiary/aromatic N) is 1. The number of hydrogen-bond donors (Lipinski definition) is 1. The summed E-state index contributed by atoms with van der Waals surface area (Å²) in [5.74, 6) is 0.931. The SMILES string of the molecule is CC(C)CN(CC(C)C)C(=O)Nc1ccc(C(C)(C)C)cc1. The summed E-state index contributed by atoms with van der Waals surface area (Å²) in [6.45, 7) is 16.7. The average Bonchev–Trinajstić information content (AvgIpc) is 2.36. The van der Waals surface area contributed by atoms with Gasteiger partial charge in [0, 0.05) is 18.8 Å². The van der Waals surface area contributed by atoms with Crippen LogP contribution in [0.25, 0.3) is 0 Å². The third-order valence-electron chi connectivity index (χ3n) is 3.46. The maximum Gasteiger partial charge on any atom is 0.321 e. The van der Waals surface area contributed by atoms with E-state index in [1.807, 2.05) is 17.0 Å². The van der Waals surface area contributed by atoms with E-state index in [9.17, 15) is 4.79 Å². The van der Waals surface area contributed by atoms with Crippen LogP contribution in [0.3, 0.4) is 0 Å². The molecule has 1 aromatic carbocycles. The summed E-state index contributed by atoms with van der Waals surface area (Å²) in [5.41, 5.74) is 2.26. The molecule has 0 saturated carbocycles. The summed E-state index contributed by atoms with van der Waals surface area (Å²) in [7, 11) is 0. The normalized spacial score (nSPS) is 11.9. The van der Waals surface area contributed by atoms with Crippen LogP contribution in [0.1, 0.15) is 54.0 Å². The largest absolute Gasteiger partial charge is 0.324 e. The number of carbonyl (C=O) groups excluding carboxylic acids is 1. The minimum Gasteiger partial charge on any atom is -0.324 e. The summed E-state index contributed by atoms with van der Waals surface area (Å²) in [4.78, 5) is 14.4. The van der Waals surface area contributed by atoms with Crippen LogP contribution in [0.2, 0.25) is 0 Å². The second-order valence-electron chi connectivity index (χ2n) is 7.95. The standard InChI is InChI=1S/C19H32N2O/c1-14(2)12-21(13-15(3)4)18(22)20-17-10-8-16(9-11-17)19(5,6)7/h8-11,14-15H,12-13H2,1-7H3,(H,20,22). The molecule has 1 rings (SSSR count). The molecule has 22 heavy (non-hydrogen) atoms. The Hall–Kier alpha value is -1.51. The van der Waals surface area contributed by atoms with Crippen LogP contribution in [-0.4, -0.2) is 24.0 Å². The number of benzene rings is 1. The zero-order valence-corrected chi connectivity index (χ0v) is 15.2. The van der Waals surface area contributed by atoms with Gasteiger partial charge in [-0.1, -0.05) is 60.6 Å². The highest BCUT2D eigenvalue weighted by Crippen LogP contribution is 2.23. The van der Waals surface area contributed by atoms with Crippen molar-refractivity contribution in [3.8, 4) is 0 Å². The van der Waals surface area contributed by atoms with Crippen molar-refractivity contribution in [2.45, 2.75) is 53.9 Å². The van der Waals surface area contributed by atoms with Crippen molar-refractivity contribution in [3.63, 3.8) is 0 Å². The summed E-state index contributed by atoms with van der Waals surface area (Å²) >= 11 is 0. The Morgan fingerprint density at radius 3 is 1.82 bits per heavy atom. The van der Waals surface area contributed by atoms with Crippen LogP contribution in [-0.2, 0) is 5.41 Å². The van der Waals surface area contributed by atoms with Crippen molar-refractivity contribution in [2.75, 3.05) is 18.4 Å². The first-order chi connectivity index (χ1) is 10.1. The molecule has 3 nitrogen and oxygen atoms in total. The van der Waals surface area contributed by atoms with Crippen LogP contribution >= 0.6 is 0 Å². The van der Waals surface area contributed by atoms with Gasteiger partial charge in [-0.05, 0) is 34.9 Å².